The molecule has 2 aromatic heterocycles. The molecule has 0 atom stereocenters. The molecule has 27 heavy (non-hydrogen) atoms. The highest BCUT2D eigenvalue weighted by Gasteiger charge is 2.33. The summed E-state index contributed by atoms with van der Waals surface area (Å²) in [5.74, 6) is 0. The largest absolute Gasteiger partial charge is 0.417 e. The number of halogens is 6. The fourth-order valence-electron chi connectivity index (χ4n) is 2.36. The van der Waals surface area contributed by atoms with Crippen LogP contribution in [0.3, 0.4) is 0 Å². The molecule has 0 bridgehead atoms. The molecule has 2 heterocycles. The van der Waals surface area contributed by atoms with E-state index in [1.807, 2.05) is 0 Å². The maximum absolute atomic E-state index is 13.3. The van der Waals surface area contributed by atoms with Gasteiger partial charge in [-0.25, -0.2) is 5.10 Å². The predicted octanol–water partition coefficient (Wildman–Crippen LogP) is 4.44. The van der Waals surface area contributed by atoms with E-state index in [0.29, 0.717) is 18.3 Å². The molecule has 1 aromatic carbocycles. The van der Waals surface area contributed by atoms with Crippen LogP contribution in [0.15, 0.2) is 36.7 Å². The van der Waals surface area contributed by atoms with Crippen LogP contribution in [0.2, 0.25) is 0 Å². The van der Waals surface area contributed by atoms with Crippen molar-refractivity contribution in [2.45, 2.75) is 12.4 Å². The van der Waals surface area contributed by atoms with Crippen molar-refractivity contribution in [1.82, 2.24) is 20.4 Å². The van der Waals surface area contributed by atoms with Gasteiger partial charge in [-0.2, -0.15) is 31.6 Å². The Balaban J connectivity index is 2.22. The SMILES string of the molecule is N#Cc1[nH]nnc1-c1cc(-c2cncc(C(F)(F)F)c2)cc(C(F)(F)F)c1. The van der Waals surface area contributed by atoms with Crippen molar-refractivity contribution in [3.63, 3.8) is 0 Å². The van der Waals surface area contributed by atoms with Crippen molar-refractivity contribution >= 4 is 0 Å². The molecule has 0 saturated carbocycles. The van der Waals surface area contributed by atoms with Gasteiger partial charge < -0.3 is 0 Å². The molecular formula is C16H7F6N5. The number of alkyl halides is 6. The van der Waals surface area contributed by atoms with Crippen LogP contribution in [0, 0.1) is 11.3 Å². The molecule has 138 valence electrons. The lowest BCUT2D eigenvalue weighted by atomic mass is 9.97. The molecule has 0 spiro atoms. The number of hydrogen-bond donors (Lipinski definition) is 1. The van der Waals surface area contributed by atoms with E-state index in [2.05, 4.69) is 20.4 Å². The van der Waals surface area contributed by atoms with Crippen LogP contribution in [0.5, 0.6) is 0 Å². The standard InChI is InChI=1S/C16H7F6N5/c17-15(18,19)11-2-8(10-4-12(7-24-6-10)16(20,21)22)1-9(3-11)14-13(5-23)25-27-26-14/h1-4,6-7H,(H,25,26,27). The first kappa shape index (κ1) is 18.4. The molecule has 0 fully saturated rings. The van der Waals surface area contributed by atoms with Crippen molar-refractivity contribution in [3.05, 3.63) is 53.5 Å². The van der Waals surface area contributed by atoms with E-state index in [9.17, 15) is 26.3 Å². The topological polar surface area (TPSA) is 78.2 Å². The maximum atomic E-state index is 13.3. The summed E-state index contributed by atoms with van der Waals surface area (Å²) in [4.78, 5) is 3.46. The van der Waals surface area contributed by atoms with Crippen LogP contribution in [0.25, 0.3) is 22.4 Å². The first-order chi connectivity index (χ1) is 12.6. The van der Waals surface area contributed by atoms with Gasteiger partial charge in [0.25, 0.3) is 0 Å². The third-order valence-electron chi connectivity index (χ3n) is 3.59. The van der Waals surface area contributed by atoms with Crippen LogP contribution < -0.4 is 0 Å². The quantitative estimate of drug-likeness (QED) is 0.664. The number of pyridine rings is 1. The Morgan fingerprint density at radius 2 is 1.44 bits per heavy atom. The minimum Gasteiger partial charge on any atom is -0.263 e. The Bertz CT molecular complexity index is 1030. The first-order valence-corrected chi connectivity index (χ1v) is 7.16. The Morgan fingerprint density at radius 1 is 0.815 bits per heavy atom. The van der Waals surface area contributed by atoms with Crippen molar-refractivity contribution in [2.24, 2.45) is 0 Å². The van der Waals surface area contributed by atoms with Crippen LogP contribution in [0.4, 0.5) is 26.3 Å². The predicted molar refractivity (Wildman–Crippen MR) is 79.8 cm³/mol. The van der Waals surface area contributed by atoms with Crippen LogP contribution in [-0.4, -0.2) is 20.4 Å². The number of nitriles is 1. The lowest BCUT2D eigenvalue weighted by Crippen LogP contribution is -2.07. The second kappa shape index (κ2) is 6.39. The van der Waals surface area contributed by atoms with Gasteiger partial charge in [-0.3, -0.25) is 4.98 Å². The summed E-state index contributed by atoms with van der Waals surface area (Å²) in [5, 5.41) is 18.2. The number of benzene rings is 1. The Kier molecular flexibility index (Phi) is 4.35. The minimum absolute atomic E-state index is 0.123. The summed E-state index contributed by atoms with van der Waals surface area (Å²) in [6, 6.07) is 5.02. The summed E-state index contributed by atoms with van der Waals surface area (Å²) in [5.41, 5.74) is -2.99. The average Bonchev–Trinajstić information content (AvgIpc) is 3.09. The monoisotopic (exact) mass is 383 g/mol. The molecule has 0 aliphatic carbocycles. The molecule has 11 heteroatoms. The number of nitrogens with zero attached hydrogens (tertiary/aromatic N) is 4. The summed E-state index contributed by atoms with van der Waals surface area (Å²) in [7, 11) is 0. The van der Waals surface area contributed by atoms with E-state index in [1.165, 1.54) is 6.07 Å². The molecule has 5 nitrogen and oxygen atoms in total. The van der Waals surface area contributed by atoms with Gasteiger partial charge in [0, 0.05) is 23.5 Å². The smallest absolute Gasteiger partial charge is 0.263 e. The number of aromatic nitrogens is 4. The highest BCUT2D eigenvalue weighted by Crippen LogP contribution is 2.37. The van der Waals surface area contributed by atoms with Crippen LogP contribution in [-0.2, 0) is 12.4 Å². The molecule has 0 saturated heterocycles. The van der Waals surface area contributed by atoms with E-state index in [1.54, 1.807) is 6.07 Å². The zero-order valence-corrected chi connectivity index (χ0v) is 13.0. The number of nitrogens with one attached hydrogen (secondary N) is 1. The number of aromatic amines is 1. The lowest BCUT2D eigenvalue weighted by molar-refractivity contribution is -0.138. The summed E-state index contributed by atoms with van der Waals surface area (Å²) >= 11 is 0. The van der Waals surface area contributed by atoms with Crippen molar-refractivity contribution < 1.29 is 26.3 Å². The molecule has 0 radical (unpaired) electrons. The third kappa shape index (κ3) is 3.74. The van der Waals surface area contributed by atoms with Gasteiger partial charge >= 0.3 is 12.4 Å². The summed E-state index contributed by atoms with van der Waals surface area (Å²) in [6.07, 6.45) is -7.88. The first-order valence-electron chi connectivity index (χ1n) is 7.16. The van der Waals surface area contributed by atoms with E-state index >= 15 is 0 Å². The summed E-state index contributed by atoms with van der Waals surface area (Å²) in [6.45, 7) is 0. The van der Waals surface area contributed by atoms with Crippen LogP contribution >= 0.6 is 0 Å². The van der Waals surface area contributed by atoms with Crippen molar-refractivity contribution in [1.29, 1.82) is 5.26 Å². The van der Waals surface area contributed by atoms with Gasteiger partial charge in [-0.05, 0) is 29.8 Å². The molecule has 1 N–H and O–H groups in total. The highest BCUT2D eigenvalue weighted by atomic mass is 19.4. The zero-order valence-electron chi connectivity index (χ0n) is 13.0. The van der Waals surface area contributed by atoms with Gasteiger partial charge in [-0.15, -0.1) is 5.10 Å². The summed E-state index contributed by atoms with van der Waals surface area (Å²) < 4.78 is 78.4. The molecule has 3 rings (SSSR count). The molecule has 0 aliphatic heterocycles. The minimum atomic E-state index is -4.77. The highest BCUT2D eigenvalue weighted by molar-refractivity contribution is 5.74. The van der Waals surface area contributed by atoms with Gasteiger partial charge in [0.1, 0.15) is 11.8 Å². The Morgan fingerprint density at radius 3 is 2.07 bits per heavy atom. The molecule has 3 aromatic rings. The molecule has 0 unspecified atom stereocenters. The Labute approximate surface area is 147 Å². The van der Waals surface area contributed by atoms with Gasteiger partial charge in [0.05, 0.1) is 11.1 Å². The third-order valence-corrected chi connectivity index (χ3v) is 3.59. The van der Waals surface area contributed by atoms with Gasteiger partial charge in [0.15, 0.2) is 5.69 Å². The number of hydrogen-bond acceptors (Lipinski definition) is 4. The van der Waals surface area contributed by atoms with Gasteiger partial charge in [-0.1, -0.05) is 5.21 Å². The van der Waals surface area contributed by atoms with Gasteiger partial charge in [0.2, 0.25) is 0 Å². The number of H-pyrrole nitrogens is 1. The van der Waals surface area contributed by atoms with E-state index in [0.717, 1.165) is 12.3 Å². The van der Waals surface area contributed by atoms with E-state index < -0.39 is 23.5 Å². The molecular weight excluding hydrogens is 376 g/mol. The van der Waals surface area contributed by atoms with Crippen molar-refractivity contribution in [2.75, 3.05) is 0 Å². The second-order valence-electron chi connectivity index (χ2n) is 5.40. The zero-order chi connectivity index (χ0) is 19.8. The van der Waals surface area contributed by atoms with E-state index in [4.69, 9.17) is 5.26 Å². The average molecular weight is 383 g/mol. The fourth-order valence-corrected chi connectivity index (χ4v) is 2.36. The number of rotatable bonds is 2. The fraction of sp³-hybridized carbons (Fsp3) is 0.125. The van der Waals surface area contributed by atoms with E-state index in [-0.39, 0.29) is 28.1 Å². The van der Waals surface area contributed by atoms with Crippen molar-refractivity contribution in [3.8, 4) is 28.5 Å². The molecule has 0 aliphatic rings. The normalized spacial score (nSPS) is 12.0. The molecule has 0 amide bonds. The second-order valence-corrected chi connectivity index (χ2v) is 5.40. The Hall–Kier alpha value is -3.42. The van der Waals surface area contributed by atoms with Crippen LogP contribution in [0.1, 0.15) is 16.8 Å². The lowest BCUT2D eigenvalue weighted by Gasteiger charge is -2.13. The maximum Gasteiger partial charge on any atom is 0.417 e.